The Hall–Kier alpha value is -2.25. The minimum absolute atomic E-state index is 0.00200. The van der Waals surface area contributed by atoms with Crippen molar-refractivity contribution in [3.8, 4) is 0 Å². The standard InChI is InChI=1S/C21H28N4O3/c1-15-18-5-3-4-6-19(18)21(27)25(22-15)14-20(26)24-12-16-7-8-17(13-24)23(11-16)9-10-28-2/h3-6,16-17H,7-14H2,1-2H3/t16-,17-/m1/s1. The first kappa shape index (κ1) is 19.1. The van der Waals surface area contributed by atoms with Crippen LogP contribution in [0.25, 0.3) is 10.8 Å². The second kappa shape index (κ2) is 8.01. The second-order valence-corrected chi connectivity index (χ2v) is 7.98. The Morgan fingerprint density at radius 3 is 2.75 bits per heavy atom. The smallest absolute Gasteiger partial charge is 0.275 e. The van der Waals surface area contributed by atoms with Crippen LogP contribution < -0.4 is 5.56 Å². The van der Waals surface area contributed by atoms with Crippen LogP contribution in [-0.2, 0) is 16.1 Å². The minimum atomic E-state index is -0.200. The van der Waals surface area contributed by atoms with Gasteiger partial charge in [0.05, 0.1) is 17.7 Å². The van der Waals surface area contributed by atoms with E-state index in [1.807, 2.05) is 30.0 Å². The van der Waals surface area contributed by atoms with Crippen LogP contribution in [0.2, 0.25) is 0 Å². The Morgan fingerprint density at radius 2 is 1.96 bits per heavy atom. The topological polar surface area (TPSA) is 67.7 Å². The lowest BCUT2D eigenvalue weighted by Gasteiger charge is -2.35. The van der Waals surface area contributed by atoms with Crippen molar-refractivity contribution < 1.29 is 9.53 Å². The van der Waals surface area contributed by atoms with Crippen molar-refractivity contribution in [3.63, 3.8) is 0 Å². The molecule has 150 valence electrons. The average Bonchev–Trinajstić information content (AvgIpc) is 3.02. The van der Waals surface area contributed by atoms with Crippen LogP contribution in [0.3, 0.4) is 0 Å². The van der Waals surface area contributed by atoms with E-state index < -0.39 is 0 Å². The maximum absolute atomic E-state index is 13.0. The zero-order chi connectivity index (χ0) is 19.7. The lowest BCUT2D eigenvalue weighted by molar-refractivity contribution is -0.132. The highest BCUT2D eigenvalue weighted by molar-refractivity contribution is 5.83. The van der Waals surface area contributed by atoms with Crippen LogP contribution in [0.15, 0.2) is 29.1 Å². The van der Waals surface area contributed by atoms with Gasteiger partial charge < -0.3 is 9.64 Å². The summed E-state index contributed by atoms with van der Waals surface area (Å²) < 4.78 is 6.57. The zero-order valence-electron chi connectivity index (χ0n) is 16.6. The Balaban J connectivity index is 1.52. The molecule has 4 heterocycles. The van der Waals surface area contributed by atoms with Gasteiger partial charge in [0.2, 0.25) is 5.91 Å². The van der Waals surface area contributed by atoms with E-state index in [0.717, 1.165) is 50.1 Å². The summed E-state index contributed by atoms with van der Waals surface area (Å²) in [6.07, 6.45) is 2.27. The number of hydrogen-bond acceptors (Lipinski definition) is 5. The van der Waals surface area contributed by atoms with E-state index in [9.17, 15) is 9.59 Å². The molecule has 3 aliphatic rings. The number of amides is 1. The largest absolute Gasteiger partial charge is 0.383 e. The maximum Gasteiger partial charge on any atom is 0.275 e. The van der Waals surface area contributed by atoms with Crippen LogP contribution in [0.5, 0.6) is 0 Å². The molecule has 5 rings (SSSR count). The SMILES string of the molecule is COCCN1C[C@H]2CC[C@@H]1CN(C(=O)Cn1nc(C)c3ccccc3c1=O)C2. The molecule has 0 unspecified atom stereocenters. The van der Waals surface area contributed by atoms with Gasteiger partial charge in [-0.25, -0.2) is 4.68 Å². The number of methoxy groups -OCH3 is 1. The molecule has 3 aliphatic heterocycles. The molecule has 7 nitrogen and oxygen atoms in total. The molecule has 0 spiro atoms. The molecule has 1 aromatic heterocycles. The predicted molar refractivity (Wildman–Crippen MR) is 107 cm³/mol. The number of fused-ring (bicyclic) bond motifs is 5. The molecule has 2 atom stereocenters. The van der Waals surface area contributed by atoms with Gasteiger partial charge in [-0.2, -0.15) is 5.10 Å². The zero-order valence-corrected chi connectivity index (χ0v) is 16.6. The van der Waals surface area contributed by atoms with E-state index in [1.54, 1.807) is 13.2 Å². The molecule has 2 aromatic rings. The van der Waals surface area contributed by atoms with E-state index in [2.05, 4.69) is 10.00 Å². The van der Waals surface area contributed by atoms with Crippen LogP contribution in [0, 0.1) is 12.8 Å². The third-order valence-corrected chi connectivity index (χ3v) is 6.10. The van der Waals surface area contributed by atoms with Crippen molar-refractivity contribution in [2.24, 2.45) is 5.92 Å². The molecule has 3 saturated heterocycles. The van der Waals surface area contributed by atoms with E-state index in [4.69, 9.17) is 4.74 Å². The molecule has 0 radical (unpaired) electrons. The summed E-state index contributed by atoms with van der Waals surface area (Å²) in [6, 6.07) is 7.81. The maximum atomic E-state index is 13.0. The number of ether oxygens (including phenoxy) is 1. The van der Waals surface area contributed by atoms with Crippen LogP contribution in [0.1, 0.15) is 18.5 Å². The highest BCUT2D eigenvalue weighted by Gasteiger charge is 2.36. The fourth-order valence-electron chi connectivity index (χ4n) is 4.60. The number of benzene rings is 1. The van der Waals surface area contributed by atoms with Gasteiger partial charge in [-0.15, -0.1) is 0 Å². The van der Waals surface area contributed by atoms with E-state index in [-0.39, 0.29) is 18.0 Å². The van der Waals surface area contributed by atoms with Gasteiger partial charge in [0.1, 0.15) is 6.54 Å². The van der Waals surface area contributed by atoms with Crippen molar-refractivity contribution in [3.05, 3.63) is 40.3 Å². The Morgan fingerprint density at radius 1 is 1.18 bits per heavy atom. The van der Waals surface area contributed by atoms with Crippen molar-refractivity contribution in [2.75, 3.05) is 39.9 Å². The van der Waals surface area contributed by atoms with Gasteiger partial charge in [-0.1, -0.05) is 18.2 Å². The van der Waals surface area contributed by atoms with Crippen molar-refractivity contribution in [1.29, 1.82) is 0 Å². The van der Waals surface area contributed by atoms with Crippen LogP contribution in [-0.4, -0.2) is 71.4 Å². The van der Waals surface area contributed by atoms with Gasteiger partial charge in [0.25, 0.3) is 5.56 Å². The number of carbonyl (C=O) groups is 1. The first-order valence-electron chi connectivity index (χ1n) is 10.0. The van der Waals surface area contributed by atoms with E-state index >= 15 is 0 Å². The normalized spacial score (nSPS) is 22.6. The van der Waals surface area contributed by atoms with Gasteiger partial charge in [-0.05, 0) is 31.7 Å². The van der Waals surface area contributed by atoms with E-state index in [0.29, 0.717) is 24.0 Å². The van der Waals surface area contributed by atoms with Crippen molar-refractivity contribution in [1.82, 2.24) is 19.6 Å². The Kier molecular flexibility index (Phi) is 5.46. The molecule has 0 N–H and O–H groups in total. The summed E-state index contributed by atoms with van der Waals surface area (Å²) >= 11 is 0. The number of carbonyl (C=O) groups excluding carboxylic acids is 1. The molecular weight excluding hydrogens is 356 g/mol. The first-order chi connectivity index (χ1) is 13.6. The molecule has 2 bridgehead atoms. The quantitative estimate of drug-likeness (QED) is 0.777. The van der Waals surface area contributed by atoms with Crippen molar-refractivity contribution >= 4 is 16.7 Å². The third-order valence-electron chi connectivity index (χ3n) is 6.10. The second-order valence-electron chi connectivity index (χ2n) is 7.98. The lowest BCUT2D eigenvalue weighted by atomic mass is 9.95. The molecule has 1 aromatic carbocycles. The summed E-state index contributed by atoms with van der Waals surface area (Å²) in [4.78, 5) is 30.2. The predicted octanol–water partition coefficient (Wildman–Crippen LogP) is 1.27. The molecule has 0 aliphatic carbocycles. The summed E-state index contributed by atoms with van der Waals surface area (Å²) in [7, 11) is 1.72. The fourth-order valence-corrected chi connectivity index (χ4v) is 4.60. The highest BCUT2D eigenvalue weighted by Crippen LogP contribution is 2.28. The summed E-state index contributed by atoms with van der Waals surface area (Å²) in [6.45, 7) is 6.01. The van der Waals surface area contributed by atoms with Crippen LogP contribution >= 0.6 is 0 Å². The molecule has 3 fully saturated rings. The number of aryl methyl sites for hydroxylation is 1. The minimum Gasteiger partial charge on any atom is -0.383 e. The van der Waals surface area contributed by atoms with Gasteiger partial charge in [0.15, 0.2) is 0 Å². The molecule has 7 heteroatoms. The fraction of sp³-hybridized carbons (Fsp3) is 0.571. The lowest BCUT2D eigenvalue weighted by Crippen LogP contribution is -2.46. The molecule has 1 amide bonds. The third kappa shape index (κ3) is 3.69. The summed E-state index contributed by atoms with van der Waals surface area (Å²) in [5.41, 5.74) is 0.568. The number of hydrogen-bond donors (Lipinski definition) is 0. The van der Waals surface area contributed by atoms with Gasteiger partial charge >= 0.3 is 0 Å². The highest BCUT2D eigenvalue weighted by atomic mass is 16.5. The van der Waals surface area contributed by atoms with Crippen LogP contribution in [0.4, 0.5) is 0 Å². The molecular formula is C21H28N4O3. The number of piperidine rings is 1. The van der Waals surface area contributed by atoms with Gasteiger partial charge in [-0.3, -0.25) is 14.5 Å². The van der Waals surface area contributed by atoms with Crippen molar-refractivity contribution in [2.45, 2.75) is 32.4 Å². The number of rotatable bonds is 5. The Bertz CT molecular complexity index is 925. The van der Waals surface area contributed by atoms with E-state index in [1.165, 1.54) is 4.68 Å². The first-order valence-corrected chi connectivity index (χ1v) is 10.0. The monoisotopic (exact) mass is 384 g/mol. The molecule has 28 heavy (non-hydrogen) atoms. The number of nitrogens with zero attached hydrogens (tertiary/aromatic N) is 4. The van der Waals surface area contributed by atoms with Gasteiger partial charge in [0, 0.05) is 44.7 Å². The Labute approximate surface area is 164 Å². The summed E-state index contributed by atoms with van der Waals surface area (Å²) in [5, 5.41) is 5.86. The molecule has 0 saturated carbocycles. The average molecular weight is 384 g/mol. The summed E-state index contributed by atoms with van der Waals surface area (Å²) in [5.74, 6) is 0.470. The number of aromatic nitrogens is 2.